The second kappa shape index (κ2) is 13.7. The summed E-state index contributed by atoms with van der Waals surface area (Å²) < 4.78 is 52.5. The van der Waals surface area contributed by atoms with Gasteiger partial charge in [0.25, 0.3) is 0 Å². The molecule has 5 atom stereocenters. The number of halogens is 4. The van der Waals surface area contributed by atoms with E-state index in [2.05, 4.69) is 0 Å². The molecule has 0 N–H and O–H groups in total. The molecule has 27 heavy (non-hydrogen) atoms. The lowest BCUT2D eigenvalue weighted by Crippen LogP contribution is -2.20. The lowest BCUT2D eigenvalue weighted by atomic mass is 10.5. The van der Waals surface area contributed by atoms with Crippen LogP contribution in [0.15, 0.2) is 0 Å². The van der Waals surface area contributed by atoms with Crippen LogP contribution in [0.5, 0.6) is 0 Å². The van der Waals surface area contributed by atoms with Crippen molar-refractivity contribution >= 4 is 61.8 Å². The molecule has 0 aromatic heterocycles. The monoisotopic (exact) mass is 510 g/mol. The molecule has 13 heteroatoms. The Bertz CT molecular complexity index is 482. The minimum absolute atomic E-state index is 0.315. The number of phosphoric acid groups is 1. The molecule has 5 unspecified atom stereocenters. The topological polar surface area (TPSA) is 80.3 Å². The van der Waals surface area contributed by atoms with Crippen LogP contribution in [0.4, 0.5) is 0 Å². The highest BCUT2D eigenvalue weighted by molar-refractivity contribution is 7.56. The van der Waals surface area contributed by atoms with Crippen LogP contribution in [0.1, 0.15) is 60.3 Å². The van der Waals surface area contributed by atoms with Crippen LogP contribution >= 0.6 is 61.8 Å². The first-order valence-corrected chi connectivity index (χ1v) is 13.4. The number of rotatable bonds is 15. The summed E-state index contributed by atoms with van der Waals surface area (Å²) >= 11 is 23.7. The quantitative estimate of drug-likeness (QED) is 0.165. The van der Waals surface area contributed by atoms with Crippen LogP contribution in [0.25, 0.3) is 0 Å². The molecule has 0 heterocycles. The van der Waals surface area contributed by atoms with Gasteiger partial charge in [0.1, 0.15) is 22.3 Å². The first-order valence-electron chi connectivity index (χ1n) is 8.63. The van der Waals surface area contributed by atoms with Crippen LogP contribution in [0, 0.1) is 0 Å². The number of phosphoric ester groups is 1. The van der Waals surface area contributed by atoms with Crippen LogP contribution < -0.4 is 0 Å². The summed E-state index contributed by atoms with van der Waals surface area (Å²) in [6.45, 7) is 8.18. The molecule has 0 saturated heterocycles. The fourth-order valence-corrected chi connectivity index (χ4v) is 6.18. The van der Waals surface area contributed by atoms with Crippen molar-refractivity contribution < 1.29 is 31.7 Å². The molecular weight excluding hydrogens is 484 g/mol. The maximum Gasteiger partial charge on any atom is 0.478 e. The molecule has 0 fully saturated rings. The van der Waals surface area contributed by atoms with Crippen molar-refractivity contribution in [1.29, 1.82) is 0 Å². The molecule has 0 aliphatic carbocycles. The largest absolute Gasteiger partial charge is 0.478 e. The van der Waals surface area contributed by atoms with Gasteiger partial charge in [0.2, 0.25) is 0 Å². The zero-order valence-electron chi connectivity index (χ0n) is 16.0. The van der Waals surface area contributed by atoms with E-state index in [1.807, 2.05) is 0 Å². The van der Waals surface area contributed by atoms with Gasteiger partial charge in [-0.15, -0.1) is 0 Å². The molecule has 0 saturated carbocycles. The van der Waals surface area contributed by atoms with Crippen LogP contribution in [-0.4, -0.2) is 28.1 Å². The number of hydrogen-bond acceptors (Lipinski definition) is 7. The Kier molecular flexibility index (Phi) is 14.4. The zero-order valence-corrected chi connectivity index (χ0v) is 20.8. The molecule has 0 aromatic rings. The van der Waals surface area contributed by atoms with Gasteiger partial charge in [-0.25, -0.2) is 4.57 Å². The van der Waals surface area contributed by atoms with Crippen molar-refractivity contribution in [3.63, 3.8) is 0 Å². The van der Waals surface area contributed by atoms with Crippen molar-refractivity contribution in [1.82, 2.24) is 0 Å². The second-order valence-corrected chi connectivity index (χ2v) is 11.1. The third-order valence-electron chi connectivity index (χ3n) is 3.02. The average Bonchev–Trinajstić information content (AvgIpc) is 2.60. The maximum absolute atomic E-state index is 13.2. The summed E-state index contributed by atoms with van der Waals surface area (Å²) in [4.78, 5) is 0. The van der Waals surface area contributed by atoms with Gasteiger partial charge in [0.05, 0.1) is 0 Å². The summed E-state index contributed by atoms with van der Waals surface area (Å²) in [6, 6.07) is 0. The summed E-state index contributed by atoms with van der Waals surface area (Å²) in [6.07, 6.45) is 1.31. The van der Waals surface area contributed by atoms with Gasteiger partial charge in [-0.3, -0.25) is 27.2 Å². The predicted octanol–water partition coefficient (Wildman–Crippen LogP) is 7.62. The summed E-state index contributed by atoms with van der Waals surface area (Å²) in [5.74, 6) is -1.38. The van der Waals surface area contributed by atoms with E-state index in [1.54, 1.807) is 27.7 Å². The maximum atomic E-state index is 13.2. The Morgan fingerprint density at radius 1 is 0.630 bits per heavy atom. The number of alkyl halides is 4. The molecule has 7 nitrogen and oxygen atoms in total. The third-order valence-corrected chi connectivity index (χ3v) is 8.97. The van der Waals surface area contributed by atoms with Crippen LogP contribution in [0.2, 0.25) is 0 Å². The van der Waals surface area contributed by atoms with Gasteiger partial charge in [-0.1, -0.05) is 74.1 Å². The third kappa shape index (κ3) is 10.8. The molecule has 0 spiro atoms. The molecule has 0 rings (SSSR count). The molecular formula is C14H28Cl4O7P2. The zero-order chi connectivity index (χ0) is 21.3. The Balaban J connectivity index is 5.58. The van der Waals surface area contributed by atoms with Gasteiger partial charge in [-0.05, 0) is 32.6 Å². The van der Waals surface area contributed by atoms with Crippen molar-refractivity contribution in [3.8, 4) is 0 Å². The Labute approximate surface area is 181 Å². The highest BCUT2D eigenvalue weighted by Crippen LogP contribution is 2.63. The van der Waals surface area contributed by atoms with Crippen LogP contribution in [0.3, 0.4) is 0 Å². The van der Waals surface area contributed by atoms with Crippen molar-refractivity contribution in [2.45, 2.75) is 88.4 Å². The lowest BCUT2D eigenvalue weighted by Gasteiger charge is -2.30. The minimum Gasteiger partial charge on any atom is -0.287 e. The number of hydrogen-bond donors (Lipinski definition) is 0. The van der Waals surface area contributed by atoms with E-state index in [4.69, 9.17) is 69.0 Å². The minimum atomic E-state index is -4.30. The highest BCUT2D eigenvalue weighted by Gasteiger charge is 2.44. The van der Waals surface area contributed by atoms with E-state index in [-0.39, 0.29) is 0 Å². The van der Waals surface area contributed by atoms with Gasteiger partial charge >= 0.3 is 15.4 Å². The first kappa shape index (κ1) is 28.4. The van der Waals surface area contributed by atoms with Gasteiger partial charge in [-0.2, -0.15) is 0 Å². The van der Waals surface area contributed by atoms with E-state index in [1.165, 1.54) is 6.92 Å². The van der Waals surface area contributed by atoms with Crippen molar-refractivity contribution in [3.05, 3.63) is 0 Å². The van der Waals surface area contributed by atoms with E-state index in [0.717, 1.165) is 0 Å². The molecule has 0 aliphatic rings. The van der Waals surface area contributed by atoms with E-state index >= 15 is 0 Å². The molecule has 0 amide bonds. The highest BCUT2D eigenvalue weighted by atomic mass is 35.5. The van der Waals surface area contributed by atoms with Crippen molar-refractivity contribution in [2.24, 2.45) is 0 Å². The molecule has 0 radical (unpaired) electrons. The Morgan fingerprint density at radius 2 is 0.926 bits per heavy atom. The standard InChI is InChI=1S/C14H28Cl4O7P2/c1-6-11(15)22-26(19,23-12(16)7-2)10(5)21-27(20,24-13(17)8-3)25-14(18)9-4/h10-14H,6-9H2,1-5H3. The van der Waals surface area contributed by atoms with E-state index in [0.29, 0.717) is 25.7 Å². The Morgan fingerprint density at radius 3 is 1.22 bits per heavy atom. The van der Waals surface area contributed by atoms with Gasteiger partial charge in [0.15, 0.2) is 5.85 Å². The molecule has 164 valence electrons. The smallest absolute Gasteiger partial charge is 0.287 e. The van der Waals surface area contributed by atoms with Gasteiger partial charge < -0.3 is 0 Å². The molecule has 0 aliphatic heterocycles. The Hall–Kier alpha value is 1.42. The van der Waals surface area contributed by atoms with Crippen molar-refractivity contribution in [2.75, 3.05) is 0 Å². The summed E-state index contributed by atoms with van der Waals surface area (Å²) in [5.41, 5.74) is -3.82. The fourth-order valence-electron chi connectivity index (χ4n) is 1.41. The molecule has 0 aromatic carbocycles. The second-order valence-electron chi connectivity index (χ2n) is 5.39. The van der Waals surface area contributed by atoms with E-state index < -0.39 is 43.5 Å². The average molecular weight is 512 g/mol. The lowest BCUT2D eigenvalue weighted by molar-refractivity contribution is 0.0685. The normalized spacial score (nSPS) is 22.3. The first-order chi connectivity index (χ1) is 12.4. The molecule has 0 bridgehead atoms. The van der Waals surface area contributed by atoms with E-state index in [9.17, 15) is 9.13 Å². The summed E-state index contributed by atoms with van der Waals surface area (Å²) in [7, 11) is -8.36. The SMILES string of the molecule is CCC(Cl)OP(=O)(OC(Cl)CC)OC(C)P(=O)(OC(Cl)CC)OC(Cl)CC. The summed E-state index contributed by atoms with van der Waals surface area (Å²) in [5, 5.41) is 0. The predicted molar refractivity (Wildman–Crippen MR) is 110 cm³/mol. The van der Waals surface area contributed by atoms with Crippen LogP contribution in [-0.2, 0) is 31.7 Å². The van der Waals surface area contributed by atoms with Gasteiger partial charge in [0, 0.05) is 0 Å². The fraction of sp³-hybridized carbons (Fsp3) is 1.00.